The van der Waals surface area contributed by atoms with Crippen LogP contribution in [-0.4, -0.2) is 87.0 Å². The molecule has 0 bridgehead atoms. The molecule has 1 saturated carbocycles. The van der Waals surface area contributed by atoms with Crippen molar-refractivity contribution in [3.8, 4) is 11.3 Å². The van der Waals surface area contributed by atoms with Crippen molar-refractivity contribution in [2.24, 2.45) is 29.1 Å². The van der Waals surface area contributed by atoms with Gasteiger partial charge in [-0.2, -0.15) is 10.2 Å². The molecule has 2 aromatic heterocycles. The first kappa shape index (κ1) is 44.7. The fourth-order valence-corrected chi connectivity index (χ4v) is 8.50. The van der Waals surface area contributed by atoms with Crippen LogP contribution in [0.1, 0.15) is 128 Å². The summed E-state index contributed by atoms with van der Waals surface area (Å²) in [4.78, 5) is 34.5. The minimum Gasteiger partial charge on any atom is -0.404 e. The van der Waals surface area contributed by atoms with Crippen molar-refractivity contribution in [3.05, 3.63) is 58.6 Å². The number of allylic oxidation sites excluding steroid dienone is 1. The Morgan fingerprint density at radius 3 is 2.31 bits per heavy atom. The van der Waals surface area contributed by atoms with E-state index in [2.05, 4.69) is 59.3 Å². The molecule has 4 aliphatic rings. The standard InChI is InChI=1S/C27H33F2N7O.C16H28N2O.C2H6/c1-32-10-5-19(6-11-32)36-24-8-13-34(17-37)16-22(24)27(31-36)35-9-3-4-18-14-20(23-7-12-33(2)30-23)21(26(28)29)15-25(18)35;1-12-5-7-14(8-6-12)18-11-13(10-17)15(19)9-16(2,3)4;1-2/h7,12,14-15,17,19,26H,3-6,8-11,13,16H2,1-2H3;10-12,14H,5-9,17H2,1-4H3;1-2H3/b;13-10+,18-11?;. The van der Waals surface area contributed by atoms with Crippen LogP contribution in [0.2, 0.25) is 0 Å². The quantitative estimate of drug-likeness (QED) is 0.131. The molecule has 5 heterocycles. The van der Waals surface area contributed by atoms with Gasteiger partial charge in [0.25, 0.3) is 6.43 Å². The number of aryl methyl sites for hydroxylation is 2. The zero-order valence-electron chi connectivity index (χ0n) is 36.2. The van der Waals surface area contributed by atoms with Crippen molar-refractivity contribution in [1.29, 1.82) is 0 Å². The lowest BCUT2D eigenvalue weighted by molar-refractivity contribution is -0.119. The lowest BCUT2D eigenvalue weighted by atomic mass is 9.87. The Morgan fingerprint density at radius 1 is 1.00 bits per heavy atom. The van der Waals surface area contributed by atoms with Gasteiger partial charge in [0.1, 0.15) is 0 Å². The Balaban J connectivity index is 0.000000259. The number of aliphatic imine (C=N–C) groups is 1. The topological polar surface area (TPSA) is 118 Å². The monoisotopic (exact) mass is 804 g/mol. The van der Waals surface area contributed by atoms with Gasteiger partial charge in [0.15, 0.2) is 11.6 Å². The molecule has 2 N–H and O–H groups in total. The number of aromatic nitrogens is 4. The van der Waals surface area contributed by atoms with Crippen LogP contribution in [0.5, 0.6) is 0 Å². The molecule has 3 aliphatic heterocycles. The first-order valence-electron chi connectivity index (χ1n) is 21.4. The molecule has 0 unspecified atom stereocenters. The van der Waals surface area contributed by atoms with Gasteiger partial charge >= 0.3 is 0 Å². The molecule has 1 aliphatic carbocycles. The number of piperidine rings is 1. The fourth-order valence-electron chi connectivity index (χ4n) is 8.50. The number of carbonyl (C=O) groups excluding carboxylic acids is 2. The second-order valence-electron chi connectivity index (χ2n) is 17.5. The summed E-state index contributed by atoms with van der Waals surface area (Å²) in [5.41, 5.74) is 11.2. The Bertz CT molecular complexity index is 1890. The van der Waals surface area contributed by atoms with E-state index >= 15 is 0 Å². The van der Waals surface area contributed by atoms with E-state index in [-0.39, 0.29) is 16.8 Å². The number of halogens is 2. The van der Waals surface area contributed by atoms with E-state index in [9.17, 15) is 18.4 Å². The van der Waals surface area contributed by atoms with E-state index in [0.29, 0.717) is 55.0 Å². The van der Waals surface area contributed by atoms with Gasteiger partial charge in [-0.3, -0.25) is 23.9 Å². The molecule has 2 fully saturated rings. The van der Waals surface area contributed by atoms with Gasteiger partial charge in [-0.25, -0.2) is 8.78 Å². The van der Waals surface area contributed by atoms with E-state index in [1.54, 1.807) is 41.2 Å². The molecule has 11 nitrogen and oxygen atoms in total. The van der Waals surface area contributed by atoms with Crippen molar-refractivity contribution < 1.29 is 18.4 Å². The van der Waals surface area contributed by atoms with Crippen LogP contribution in [0.25, 0.3) is 11.3 Å². The zero-order chi connectivity index (χ0) is 42.1. The summed E-state index contributed by atoms with van der Waals surface area (Å²) in [7, 11) is 3.94. The first-order chi connectivity index (χ1) is 27.7. The molecule has 1 aromatic carbocycles. The molecular formula is C45H67F2N9O2. The number of Topliss-reactive ketones (excluding diaryl/α,β-unsaturated/α-hetero) is 1. The average Bonchev–Trinajstić information content (AvgIpc) is 3.82. The molecular weight excluding hydrogens is 737 g/mol. The molecule has 0 spiro atoms. The highest BCUT2D eigenvalue weighted by Crippen LogP contribution is 2.43. The van der Waals surface area contributed by atoms with Gasteiger partial charge in [-0.1, -0.05) is 41.5 Å². The van der Waals surface area contributed by atoms with Gasteiger partial charge in [0.05, 0.1) is 23.9 Å². The van der Waals surface area contributed by atoms with Gasteiger partial charge in [-0.05, 0) is 107 Å². The lowest BCUT2D eigenvalue weighted by Crippen LogP contribution is -2.34. The molecule has 318 valence electrons. The summed E-state index contributed by atoms with van der Waals surface area (Å²) in [5.74, 6) is 1.72. The number of hydrogen-bond acceptors (Lipinski definition) is 8. The molecule has 3 aromatic rings. The molecule has 7 rings (SSSR count). The van der Waals surface area contributed by atoms with E-state index < -0.39 is 6.43 Å². The number of nitrogens with zero attached hydrogens (tertiary/aromatic N) is 8. The van der Waals surface area contributed by atoms with Crippen LogP contribution in [-0.2, 0) is 36.0 Å². The van der Waals surface area contributed by atoms with Crippen molar-refractivity contribution >= 4 is 29.9 Å². The summed E-state index contributed by atoms with van der Waals surface area (Å²) in [5, 5.41) is 9.57. The number of nitrogens with two attached hydrogens (primary N) is 1. The van der Waals surface area contributed by atoms with Crippen LogP contribution in [0.15, 0.2) is 41.2 Å². The number of alkyl halides is 2. The number of likely N-dealkylation sites (tertiary alicyclic amines) is 1. The minimum atomic E-state index is -2.62. The predicted molar refractivity (Wildman–Crippen MR) is 230 cm³/mol. The van der Waals surface area contributed by atoms with Gasteiger partial charge in [0, 0.05) is 85.7 Å². The van der Waals surface area contributed by atoms with Crippen LogP contribution >= 0.6 is 0 Å². The highest BCUT2D eigenvalue weighted by molar-refractivity contribution is 6.13. The minimum absolute atomic E-state index is 0.0116. The Kier molecular flexibility index (Phi) is 15.5. The summed E-state index contributed by atoms with van der Waals surface area (Å²) in [6, 6.07) is 6.00. The first-order valence-corrected chi connectivity index (χ1v) is 21.4. The van der Waals surface area contributed by atoms with E-state index in [4.69, 9.17) is 10.8 Å². The number of amides is 1. The predicted octanol–water partition coefficient (Wildman–Crippen LogP) is 8.60. The molecule has 0 atom stereocenters. The van der Waals surface area contributed by atoms with Crippen LogP contribution < -0.4 is 10.6 Å². The number of benzene rings is 1. The van der Waals surface area contributed by atoms with Gasteiger partial charge in [0.2, 0.25) is 6.41 Å². The smallest absolute Gasteiger partial charge is 0.264 e. The summed E-state index contributed by atoms with van der Waals surface area (Å²) in [6.07, 6.45) is 12.9. The van der Waals surface area contributed by atoms with Gasteiger partial charge < -0.3 is 20.4 Å². The van der Waals surface area contributed by atoms with Crippen LogP contribution in [0.4, 0.5) is 20.3 Å². The van der Waals surface area contributed by atoms with Crippen molar-refractivity contribution in [3.63, 3.8) is 0 Å². The molecule has 0 radical (unpaired) electrons. The van der Waals surface area contributed by atoms with Gasteiger partial charge in [-0.15, -0.1) is 0 Å². The van der Waals surface area contributed by atoms with E-state index in [1.807, 2.05) is 19.9 Å². The average molecular weight is 804 g/mol. The lowest BCUT2D eigenvalue weighted by Gasteiger charge is -2.33. The maximum atomic E-state index is 14.3. The third-order valence-electron chi connectivity index (χ3n) is 11.7. The number of rotatable bonds is 9. The summed E-state index contributed by atoms with van der Waals surface area (Å²) < 4.78 is 32.5. The van der Waals surface area contributed by atoms with E-state index in [1.165, 1.54) is 24.7 Å². The van der Waals surface area contributed by atoms with Crippen molar-refractivity contribution in [2.45, 2.75) is 131 Å². The van der Waals surface area contributed by atoms with Crippen LogP contribution in [0, 0.1) is 11.3 Å². The van der Waals surface area contributed by atoms with Crippen molar-refractivity contribution in [2.75, 3.05) is 38.1 Å². The molecule has 1 saturated heterocycles. The Hall–Kier alpha value is -4.39. The summed E-state index contributed by atoms with van der Waals surface area (Å²) >= 11 is 0. The Morgan fingerprint density at radius 2 is 1.71 bits per heavy atom. The highest BCUT2D eigenvalue weighted by atomic mass is 19.3. The fraction of sp³-hybridized carbons (Fsp3) is 0.622. The number of ketones is 1. The van der Waals surface area contributed by atoms with Crippen LogP contribution in [0.3, 0.4) is 0 Å². The second kappa shape index (κ2) is 20.0. The zero-order valence-corrected chi connectivity index (χ0v) is 36.2. The molecule has 1 amide bonds. The number of carbonyl (C=O) groups is 2. The summed E-state index contributed by atoms with van der Waals surface area (Å²) in [6.45, 7) is 16.4. The largest absolute Gasteiger partial charge is 0.404 e. The molecule has 13 heteroatoms. The number of anilines is 2. The highest BCUT2D eigenvalue weighted by Gasteiger charge is 2.34. The van der Waals surface area contributed by atoms with E-state index in [0.717, 1.165) is 93.0 Å². The SMILES string of the molecule is CC.CC1CCC(N=C/C(=C\N)C(=O)CC(C)(C)C)CC1.CN1CCC(n2nc(N3CCCc4cc(-c5ccn(C)n5)c(C(F)F)cc43)c3c2CCN(C=O)C3)CC1. The maximum absolute atomic E-state index is 14.3. The van der Waals surface area contributed by atoms with Crippen molar-refractivity contribution in [1.82, 2.24) is 29.4 Å². The third kappa shape index (κ3) is 11.0. The normalized spacial score (nSPS) is 20.6. The Labute approximate surface area is 344 Å². The third-order valence-corrected chi connectivity index (χ3v) is 11.7. The maximum Gasteiger partial charge on any atom is 0.264 e. The number of fused-ring (bicyclic) bond motifs is 2. The molecule has 58 heavy (non-hydrogen) atoms. The number of hydrogen-bond donors (Lipinski definition) is 1. The second-order valence-corrected chi connectivity index (χ2v) is 17.5.